The number of halogens is 1. The van der Waals surface area contributed by atoms with Crippen molar-refractivity contribution >= 4 is 27.3 Å². The number of benzene rings is 2. The van der Waals surface area contributed by atoms with Gasteiger partial charge >= 0.3 is 0 Å². The summed E-state index contributed by atoms with van der Waals surface area (Å²) >= 11 is 5.96. The first-order chi connectivity index (χ1) is 12.2. The zero-order valence-electron chi connectivity index (χ0n) is 14.8. The summed E-state index contributed by atoms with van der Waals surface area (Å²) in [4.78, 5) is 12.7. The molecule has 2 aromatic carbocycles. The molecule has 7 heteroatoms. The SMILES string of the molecule is CCCC(N)C(=O)NC(c1ccc(Cl)cc1)c1cccc(S(C)(=O)=O)c1. The third-order valence-corrected chi connectivity index (χ3v) is 5.41. The first kappa shape index (κ1) is 20.4. The molecule has 3 N–H and O–H groups in total. The van der Waals surface area contributed by atoms with Crippen molar-refractivity contribution in [3.05, 3.63) is 64.7 Å². The van der Waals surface area contributed by atoms with Gasteiger partial charge in [0.05, 0.1) is 17.0 Å². The third-order valence-electron chi connectivity index (χ3n) is 4.05. The highest BCUT2D eigenvalue weighted by molar-refractivity contribution is 7.90. The quantitative estimate of drug-likeness (QED) is 0.755. The van der Waals surface area contributed by atoms with Crippen molar-refractivity contribution in [1.82, 2.24) is 5.32 Å². The monoisotopic (exact) mass is 394 g/mol. The lowest BCUT2D eigenvalue weighted by Crippen LogP contribution is -2.42. The molecule has 2 aromatic rings. The van der Waals surface area contributed by atoms with Crippen molar-refractivity contribution in [2.45, 2.75) is 36.7 Å². The van der Waals surface area contributed by atoms with E-state index in [1.54, 1.807) is 42.5 Å². The number of carbonyl (C=O) groups is 1. The molecule has 0 saturated heterocycles. The fourth-order valence-electron chi connectivity index (χ4n) is 2.63. The van der Waals surface area contributed by atoms with Crippen molar-refractivity contribution < 1.29 is 13.2 Å². The second-order valence-electron chi connectivity index (χ2n) is 6.23. The average Bonchev–Trinajstić information content (AvgIpc) is 2.60. The first-order valence-electron chi connectivity index (χ1n) is 8.33. The maximum Gasteiger partial charge on any atom is 0.237 e. The molecular formula is C19H23ClN2O3S. The summed E-state index contributed by atoms with van der Waals surface area (Å²) in [7, 11) is -3.36. The summed E-state index contributed by atoms with van der Waals surface area (Å²) in [5, 5.41) is 3.51. The molecule has 5 nitrogen and oxygen atoms in total. The lowest BCUT2D eigenvalue weighted by Gasteiger charge is -2.22. The van der Waals surface area contributed by atoms with Crippen molar-refractivity contribution in [3.63, 3.8) is 0 Å². The van der Waals surface area contributed by atoms with Crippen LogP contribution < -0.4 is 11.1 Å². The number of nitrogens with one attached hydrogen (secondary N) is 1. The molecule has 0 spiro atoms. The van der Waals surface area contributed by atoms with Crippen LogP contribution in [0.3, 0.4) is 0 Å². The third kappa shape index (κ3) is 5.30. The predicted molar refractivity (Wildman–Crippen MR) is 104 cm³/mol. The van der Waals surface area contributed by atoms with Crippen LogP contribution in [0.4, 0.5) is 0 Å². The number of hydrogen-bond donors (Lipinski definition) is 2. The zero-order chi connectivity index (χ0) is 19.3. The van der Waals surface area contributed by atoms with Crippen LogP contribution in [0.2, 0.25) is 5.02 Å². The van der Waals surface area contributed by atoms with Crippen LogP contribution in [-0.4, -0.2) is 26.6 Å². The maximum atomic E-state index is 12.5. The van der Waals surface area contributed by atoms with E-state index in [9.17, 15) is 13.2 Å². The van der Waals surface area contributed by atoms with E-state index in [-0.39, 0.29) is 10.8 Å². The fraction of sp³-hybridized carbons (Fsp3) is 0.316. The molecule has 0 bridgehead atoms. The number of sulfone groups is 1. The fourth-order valence-corrected chi connectivity index (χ4v) is 3.43. The topological polar surface area (TPSA) is 89.3 Å². The molecule has 0 aliphatic rings. The molecule has 140 valence electrons. The number of carbonyl (C=O) groups excluding carboxylic acids is 1. The minimum atomic E-state index is -3.36. The van der Waals surface area contributed by atoms with E-state index in [0.29, 0.717) is 17.0 Å². The predicted octanol–water partition coefficient (Wildman–Crippen LogP) is 3.08. The Kier molecular flexibility index (Phi) is 6.81. The van der Waals surface area contributed by atoms with Gasteiger partial charge in [-0.15, -0.1) is 0 Å². The van der Waals surface area contributed by atoms with Gasteiger partial charge in [-0.25, -0.2) is 8.42 Å². The van der Waals surface area contributed by atoms with Gasteiger partial charge < -0.3 is 11.1 Å². The smallest absolute Gasteiger partial charge is 0.237 e. The summed E-state index contributed by atoms with van der Waals surface area (Å²) in [6, 6.07) is 12.4. The lowest BCUT2D eigenvalue weighted by molar-refractivity contribution is -0.123. The summed E-state index contributed by atoms with van der Waals surface area (Å²) in [6.07, 6.45) is 2.52. The second-order valence-corrected chi connectivity index (χ2v) is 8.69. The van der Waals surface area contributed by atoms with Crippen LogP contribution in [0, 0.1) is 0 Å². The Hall–Kier alpha value is -1.89. The summed E-state index contributed by atoms with van der Waals surface area (Å²) < 4.78 is 23.8. The van der Waals surface area contributed by atoms with Crippen molar-refractivity contribution in [2.75, 3.05) is 6.26 Å². The van der Waals surface area contributed by atoms with Gasteiger partial charge in [-0.1, -0.05) is 49.2 Å². The van der Waals surface area contributed by atoms with Crippen LogP contribution in [0.15, 0.2) is 53.4 Å². The molecule has 0 radical (unpaired) electrons. The van der Waals surface area contributed by atoms with E-state index in [4.69, 9.17) is 17.3 Å². The van der Waals surface area contributed by atoms with Crippen LogP contribution in [0.5, 0.6) is 0 Å². The average molecular weight is 395 g/mol. The lowest BCUT2D eigenvalue weighted by atomic mass is 9.98. The Bertz CT molecular complexity index is 867. The number of amides is 1. The Balaban J connectivity index is 2.44. The number of hydrogen-bond acceptors (Lipinski definition) is 4. The minimum Gasteiger partial charge on any atom is -0.344 e. The van der Waals surface area contributed by atoms with Gasteiger partial charge in [-0.05, 0) is 41.8 Å². The Morgan fingerprint density at radius 2 is 1.81 bits per heavy atom. The molecule has 0 aliphatic heterocycles. The molecule has 0 saturated carbocycles. The van der Waals surface area contributed by atoms with Gasteiger partial charge in [-0.2, -0.15) is 0 Å². The van der Waals surface area contributed by atoms with Crippen molar-refractivity contribution in [1.29, 1.82) is 0 Å². The number of nitrogens with two attached hydrogens (primary N) is 1. The minimum absolute atomic E-state index is 0.195. The van der Waals surface area contributed by atoms with Crippen molar-refractivity contribution in [3.8, 4) is 0 Å². The molecule has 2 rings (SSSR count). The molecular weight excluding hydrogens is 372 g/mol. The van der Waals surface area contributed by atoms with Gasteiger partial charge in [0.2, 0.25) is 5.91 Å². The molecule has 0 fully saturated rings. The van der Waals surface area contributed by atoms with Crippen LogP contribution in [-0.2, 0) is 14.6 Å². The highest BCUT2D eigenvalue weighted by Gasteiger charge is 2.21. The van der Waals surface area contributed by atoms with E-state index in [1.807, 2.05) is 6.92 Å². The molecule has 1 amide bonds. The van der Waals surface area contributed by atoms with E-state index < -0.39 is 21.9 Å². The standard InChI is InChI=1S/C19H23ClN2O3S/c1-3-5-17(21)19(23)22-18(13-8-10-15(20)11-9-13)14-6-4-7-16(12-14)26(2,24)25/h4,6-12,17-18H,3,5,21H2,1-2H3,(H,22,23). The Morgan fingerprint density at radius 3 is 2.38 bits per heavy atom. The van der Waals surface area contributed by atoms with E-state index in [0.717, 1.165) is 18.2 Å². The highest BCUT2D eigenvalue weighted by Crippen LogP contribution is 2.26. The molecule has 2 atom stereocenters. The van der Waals surface area contributed by atoms with E-state index in [1.165, 1.54) is 6.07 Å². The summed E-state index contributed by atoms with van der Waals surface area (Å²) in [6.45, 7) is 1.96. The Morgan fingerprint density at radius 1 is 1.15 bits per heavy atom. The summed E-state index contributed by atoms with van der Waals surface area (Å²) in [5.74, 6) is -0.281. The van der Waals surface area contributed by atoms with Gasteiger partial charge in [0.15, 0.2) is 9.84 Å². The van der Waals surface area contributed by atoms with Crippen LogP contribution in [0.25, 0.3) is 0 Å². The number of rotatable bonds is 7. The largest absolute Gasteiger partial charge is 0.344 e. The molecule has 0 aromatic heterocycles. The van der Waals surface area contributed by atoms with Gasteiger partial charge in [0.25, 0.3) is 0 Å². The van der Waals surface area contributed by atoms with Gasteiger partial charge in [-0.3, -0.25) is 4.79 Å². The van der Waals surface area contributed by atoms with E-state index >= 15 is 0 Å². The second kappa shape index (κ2) is 8.66. The molecule has 0 aliphatic carbocycles. The van der Waals surface area contributed by atoms with Gasteiger partial charge in [0.1, 0.15) is 0 Å². The van der Waals surface area contributed by atoms with Crippen LogP contribution in [0.1, 0.15) is 36.9 Å². The Labute approximate surface area is 159 Å². The summed E-state index contributed by atoms with van der Waals surface area (Å²) in [5.41, 5.74) is 7.37. The van der Waals surface area contributed by atoms with E-state index in [2.05, 4.69) is 5.32 Å². The normalized spacial score (nSPS) is 13.8. The molecule has 0 heterocycles. The van der Waals surface area contributed by atoms with Crippen LogP contribution >= 0.6 is 11.6 Å². The first-order valence-corrected chi connectivity index (χ1v) is 10.6. The molecule has 2 unspecified atom stereocenters. The zero-order valence-corrected chi connectivity index (χ0v) is 16.3. The highest BCUT2D eigenvalue weighted by atomic mass is 35.5. The van der Waals surface area contributed by atoms with Gasteiger partial charge in [0, 0.05) is 11.3 Å². The maximum absolute atomic E-state index is 12.5. The van der Waals surface area contributed by atoms with Crippen molar-refractivity contribution in [2.24, 2.45) is 5.73 Å². The molecule has 26 heavy (non-hydrogen) atoms.